The minimum Gasteiger partial charge on any atom is -0.490 e. The number of benzene rings is 2. The number of nitrogens with zero attached hydrogens (tertiary/aromatic N) is 1. The average molecular weight is 390 g/mol. The van der Waals surface area contributed by atoms with Gasteiger partial charge in [0, 0.05) is 34.8 Å². The summed E-state index contributed by atoms with van der Waals surface area (Å²) >= 11 is 0. The molecule has 3 aromatic rings. The number of pyridine rings is 1. The van der Waals surface area contributed by atoms with E-state index in [1.165, 1.54) is 6.92 Å². The van der Waals surface area contributed by atoms with Crippen molar-refractivity contribution in [3.8, 4) is 11.5 Å². The lowest BCUT2D eigenvalue weighted by Crippen LogP contribution is -2.12. The van der Waals surface area contributed by atoms with Crippen molar-refractivity contribution >= 4 is 17.4 Å². The summed E-state index contributed by atoms with van der Waals surface area (Å²) in [5, 5.41) is 2.82. The van der Waals surface area contributed by atoms with Crippen molar-refractivity contribution in [3.05, 3.63) is 83.7 Å². The Bertz CT molecular complexity index is 986. The van der Waals surface area contributed by atoms with E-state index in [0.29, 0.717) is 41.5 Å². The second-order valence-electron chi connectivity index (χ2n) is 6.33. The van der Waals surface area contributed by atoms with Crippen molar-refractivity contribution < 1.29 is 19.1 Å². The highest BCUT2D eigenvalue weighted by molar-refractivity contribution is 6.05. The van der Waals surface area contributed by atoms with Crippen LogP contribution in [-0.4, -0.2) is 23.3 Å². The molecule has 148 valence electrons. The highest BCUT2D eigenvalue weighted by Crippen LogP contribution is 2.29. The summed E-state index contributed by atoms with van der Waals surface area (Å²) in [5.41, 5.74) is 2.58. The van der Waals surface area contributed by atoms with Gasteiger partial charge in [0.25, 0.3) is 5.91 Å². The van der Waals surface area contributed by atoms with E-state index in [4.69, 9.17) is 9.47 Å². The highest BCUT2D eigenvalue weighted by atomic mass is 16.5. The third kappa shape index (κ3) is 5.42. The number of carbonyl (C=O) groups excluding carboxylic acids is 2. The third-order valence-corrected chi connectivity index (χ3v) is 4.17. The Morgan fingerprint density at radius 1 is 0.966 bits per heavy atom. The van der Waals surface area contributed by atoms with Crippen molar-refractivity contribution in [1.29, 1.82) is 0 Å². The summed E-state index contributed by atoms with van der Waals surface area (Å²) in [6, 6.07) is 15.6. The summed E-state index contributed by atoms with van der Waals surface area (Å²) < 4.78 is 11.5. The number of ether oxygens (including phenoxy) is 2. The molecule has 6 heteroatoms. The van der Waals surface area contributed by atoms with Crippen LogP contribution < -0.4 is 14.8 Å². The van der Waals surface area contributed by atoms with Gasteiger partial charge in [-0.1, -0.05) is 6.07 Å². The van der Waals surface area contributed by atoms with Crippen LogP contribution in [0.25, 0.3) is 0 Å². The van der Waals surface area contributed by atoms with Crippen molar-refractivity contribution in [1.82, 2.24) is 4.98 Å². The van der Waals surface area contributed by atoms with Crippen LogP contribution in [0.3, 0.4) is 0 Å². The van der Waals surface area contributed by atoms with E-state index in [0.717, 1.165) is 5.56 Å². The van der Waals surface area contributed by atoms with Gasteiger partial charge in [0.1, 0.15) is 6.61 Å². The summed E-state index contributed by atoms with van der Waals surface area (Å²) in [7, 11) is 0. The maximum absolute atomic E-state index is 12.6. The zero-order chi connectivity index (χ0) is 20.6. The summed E-state index contributed by atoms with van der Waals surface area (Å²) in [4.78, 5) is 28.0. The summed E-state index contributed by atoms with van der Waals surface area (Å²) in [6.07, 6.45) is 3.44. The molecule has 0 unspecified atom stereocenters. The van der Waals surface area contributed by atoms with Gasteiger partial charge in [-0.05, 0) is 62.4 Å². The Balaban J connectivity index is 1.72. The molecule has 0 bridgehead atoms. The fourth-order valence-corrected chi connectivity index (χ4v) is 2.67. The standard InChI is InChI=1S/C23H22N2O4/c1-3-28-22-13-19(8-11-21(22)29-15-17-5-4-12-24-14-17)23(27)25-20-9-6-18(7-10-20)16(2)26/h4-14H,3,15H2,1-2H3,(H,25,27). The van der Waals surface area contributed by atoms with Crippen LogP contribution in [0.4, 0.5) is 5.69 Å². The molecular weight excluding hydrogens is 368 g/mol. The van der Waals surface area contributed by atoms with Gasteiger partial charge in [0.15, 0.2) is 17.3 Å². The highest BCUT2D eigenvalue weighted by Gasteiger charge is 2.12. The molecule has 1 amide bonds. The van der Waals surface area contributed by atoms with Crippen molar-refractivity contribution in [2.75, 3.05) is 11.9 Å². The van der Waals surface area contributed by atoms with E-state index in [-0.39, 0.29) is 11.7 Å². The van der Waals surface area contributed by atoms with Gasteiger partial charge in [-0.25, -0.2) is 0 Å². The van der Waals surface area contributed by atoms with Crippen LogP contribution in [0.1, 0.15) is 40.1 Å². The van der Waals surface area contributed by atoms with Crippen LogP contribution in [0.5, 0.6) is 11.5 Å². The summed E-state index contributed by atoms with van der Waals surface area (Å²) in [6.45, 7) is 4.16. The minimum absolute atomic E-state index is 0.0221. The number of nitrogens with one attached hydrogen (secondary N) is 1. The molecular formula is C23H22N2O4. The van der Waals surface area contributed by atoms with Crippen LogP contribution in [0.2, 0.25) is 0 Å². The molecule has 0 aliphatic heterocycles. The van der Waals surface area contributed by atoms with Gasteiger partial charge in [-0.2, -0.15) is 0 Å². The molecule has 1 aromatic heterocycles. The van der Waals surface area contributed by atoms with E-state index in [1.807, 2.05) is 19.1 Å². The van der Waals surface area contributed by atoms with E-state index < -0.39 is 0 Å². The minimum atomic E-state index is -0.277. The Morgan fingerprint density at radius 3 is 2.38 bits per heavy atom. The van der Waals surface area contributed by atoms with Crippen molar-refractivity contribution in [2.45, 2.75) is 20.5 Å². The lowest BCUT2D eigenvalue weighted by molar-refractivity contribution is 0.101. The quantitative estimate of drug-likeness (QED) is 0.573. The molecule has 1 heterocycles. The fourth-order valence-electron chi connectivity index (χ4n) is 2.67. The lowest BCUT2D eigenvalue weighted by atomic mass is 10.1. The molecule has 29 heavy (non-hydrogen) atoms. The van der Waals surface area contributed by atoms with Gasteiger partial charge in [-0.3, -0.25) is 14.6 Å². The van der Waals surface area contributed by atoms with E-state index in [1.54, 1.807) is 54.9 Å². The van der Waals surface area contributed by atoms with Gasteiger partial charge >= 0.3 is 0 Å². The molecule has 0 atom stereocenters. The number of Topliss-reactive ketones (excluding diaryl/α,β-unsaturated/α-hetero) is 1. The number of hydrogen-bond donors (Lipinski definition) is 1. The Hall–Kier alpha value is -3.67. The maximum atomic E-state index is 12.6. The molecule has 0 radical (unpaired) electrons. The number of anilines is 1. The first-order chi connectivity index (χ1) is 14.1. The normalized spacial score (nSPS) is 10.3. The number of ketones is 1. The smallest absolute Gasteiger partial charge is 0.255 e. The van der Waals surface area contributed by atoms with Crippen LogP contribution in [-0.2, 0) is 6.61 Å². The van der Waals surface area contributed by atoms with Crippen molar-refractivity contribution in [2.24, 2.45) is 0 Å². The van der Waals surface area contributed by atoms with E-state index in [2.05, 4.69) is 10.3 Å². The molecule has 1 N–H and O–H groups in total. The van der Waals surface area contributed by atoms with Crippen LogP contribution in [0.15, 0.2) is 67.0 Å². The van der Waals surface area contributed by atoms with Crippen LogP contribution >= 0.6 is 0 Å². The molecule has 0 saturated heterocycles. The first kappa shape index (κ1) is 20.1. The monoisotopic (exact) mass is 390 g/mol. The molecule has 0 saturated carbocycles. The zero-order valence-corrected chi connectivity index (χ0v) is 16.3. The van der Waals surface area contributed by atoms with Crippen LogP contribution in [0, 0.1) is 0 Å². The number of rotatable bonds is 8. The van der Waals surface area contributed by atoms with E-state index in [9.17, 15) is 9.59 Å². The lowest BCUT2D eigenvalue weighted by Gasteiger charge is -2.13. The molecule has 6 nitrogen and oxygen atoms in total. The predicted octanol–water partition coefficient (Wildman–Crippen LogP) is 4.51. The predicted molar refractivity (Wildman–Crippen MR) is 111 cm³/mol. The van der Waals surface area contributed by atoms with Gasteiger partial charge in [0.2, 0.25) is 0 Å². The summed E-state index contributed by atoms with van der Waals surface area (Å²) in [5.74, 6) is 0.750. The average Bonchev–Trinajstić information content (AvgIpc) is 2.74. The number of aromatic nitrogens is 1. The third-order valence-electron chi connectivity index (χ3n) is 4.17. The molecule has 0 fully saturated rings. The van der Waals surface area contributed by atoms with Gasteiger partial charge < -0.3 is 14.8 Å². The largest absolute Gasteiger partial charge is 0.490 e. The first-order valence-electron chi connectivity index (χ1n) is 9.27. The van der Waals surface area contributed by atoms with Gasteiger partial charge in [0.05, 0.1) is 6.61 Å². The zero-order valence-electron chi connectivity index (χ0n) is 16.3. The second-order valence-corrected chi connectivity index (χ2v) is 6.33. The number of carbonyl (C=O) groups is 2. The first-order valence-corrected chi connectivity index (χ1v) is 9.27. The Kier molecular flexibility index (Phi) is 6.58. The fraction of sp³-hybridized carbons (Fsp3) is 0.174. The molecule has 3 rings (SSSR count). The Morgan fingerprint density at radius 2 is 1.72 bits per heavy atom. The Labute approximate surface area is 169 Å². The second kappa shape index (κ2) is 9.50. The topological polar surface area (TPSA) is 77.5 Å². The molecule has 0 aliphatic rings. The molecule has 2 aromatic carbocycles. The van der Waals surface area contributed by atoms with Gasteiger partial charge in [-0.15, -0.1) is 0 Å². The molecule has 0 aliphatic carbocycles. The number of amides is 1. The van der Waals surface area contributed by atoms with Crippen molar-refractivity contribution in [3.63, 3.8) is 0 Å². The van der Waals surface area contributed by atoms with E-state index >= 15 is 0 Å². The number of hydrogen-bond acceptors (Lipinski definition) is 5. The SMILES string of the molecule is CCOc1cc(C(=O)Nc2ccc(C(C)=O)cc2)ccc1OCc1cccnc1. The molecule has 0 spiro atoms. The maximum Gasteiger partial charge on any atom is 0.255 e.